The number of para-hydroxylation sites is 2. The monoisotopic (exact) mass is 335 g/mol. The number of hydrogen-bond acceptors (Lipinski definition) is 4. The normalized spacial score (nSPS) is 11.1. The van der Waals surface area contributed by atoms with Crippen molar-refractivity contribution < 1.29 is 4.79 Å². The lowest BCUT2D eigenvalue weighted by atomic mass is 10.1. The highest BCUT2D eigenvalue weighted by Crippen LogP contribution is 2.20. The number of anilines is 2. The number of thiophene rings is 1. The number of nitrogens with one attached hydrogen (secondary N) is 2. The fraction of sp³-hybridized carbons (Fsp3) is 0.0526. The zero-order valence-electron chi connectivity index (χ0n) is 13.2. The molecule has 0 spiro atoms. The zero-order chi connectivity index (χ0) is 16.8. The van der Waals surface area contributed by atoms with E-state index in [1.807, 2.05) is 73.0 Å². The molecule has 0 aliphatic rings. The first-order valence-corrected chi connectivity index (χ1v) is 8.41. The third kappa shape index (κ3) is 3.88. The molecule has 120 valence electrons. The van der Waals surface area contributed by atoms with E-state index in [-0.39, 0.29) is 5.91 Å². The van der Waals surface area contributed by atoms with Crippen molar-refractivity contribution in [3.8, 4) is 0 Å². The van der Waals surface area contributed by atoms with Crippen molar-refractivity contribution in [3.63, 3.8) is 0 Å². The number of carbonyl (C=O) groups excluding carboxylic acids is 1. The van der Waals surface area contributed by atoms with Crippen LogP contribution < -0.4 is 10.7 Å². The number of amides is 1. The smallest absolute Gasteiger partial charge is 0.273 e. The molecular formula is C19H17N3OS. The standard InChI is InChI=1S/C19H17N3OS/c1-14(18-12-7-13-24-18)21-22-19(23)16-10-5-6-11-17(16)20-15-8-3-2-4-9-15/h2-13,20H,1H3,(H,22,23). The minimum Gasteiger partial charge on any atom is -0.355 e. The predicted octanol–water partition coefficient (Wildman–Crippen LogP) is 4.65. The second kappa shape index (κ2) is 7.57. The summed E-state index contributed by atoms with van der Waals surface area (Å²) < 4.78 is 0. The van der Waals surface area contributed by atoms with Crippen LogP contribution in [-0.2, 0) is 0 Å². The zero-order valence-corrected chi connectivity index (χ0v) is 14.0. The molecule has 0 bridgehead atoms. The molecule has 0 saturated heterocycles. The molecule has 3 rings (SSSR count). The highest BCUT2D eigenvalue weighted by atomic mass is 32.1. The van der Waals surface area contributed by atoms with Crippen molar-refractivity contribution in [2.24, 2.45) is 5.10 Å². The lowest BCUT2D eigenvalue weighted by molar-refractivity contribution is 0.0955. The molecule has 0 fully saturated rings. The minimum absolute atomic E-state index is 0.245. The molecule has 4 nitrogen and oxygen atoms in total. The van der Waals surface area contributed by atoms with Crippen LogP contribution in [-0.4, -0.2) is 11.6 Å². The molecule has 0 aliphatic carbocycles. The molecule has 1 amide bonds. The van der Waals surface area contributed by atoms with Gasteiger partial charge < -0.3 is 5.32 Å². The van der Waals surface area contributed by atoms with Gasteiger partial charge in [0.2, 0.25) is 0 Å². The second-order valence-electron chi connectivity index (χ2n) is 5.15. The van der Waals surface area contributed by atoms with Crippen LogP contribution in [0, 0.1) is 0 Å². The van der Waals surface area contributed by atoms with Crippen LogP contribution in [0.2, 0.25) is 0 Å². The van der Waals surface area contributed by atoms with E-state index in [2.05, 4.69) is 15.8 Å². The van der Waals surface area contributed by atoms with Gasteiger partial charge in [-0.05, 0) is 42.6 Å². The van der Waals surface area contributed by atoms with Crippen molar-refractivity contribution >= 4 is 34.3 Å². The van der Waals surface area contributed by atoms with Gasteiger partial charge in [0.25, 0.3) is 5.91 Å². The highest BCUT2D eigenvalue weighted by Gasteiger charge is 2.11. The summed E-state index contributed by atoms with van der Waals surface area (Å²) in [5, 5.41) is 9.43. The summed E-state index contributed by atoms with van der Waals surface area (Å²) in [5.41, 5.74) is 5.63. The number of hydrazone groups is 1. The molecule has 0 atom stereocenters. The molecule has 1 heterocycles. The summed E-state index contributed by atoms with van der Waals surface area (Å²) in [6.07, 6.45) is 0. The summed E-state index contributed by atoms with van der Waals surface area (Å²) in [7, 11) is 0. The van der Waals surface area contributed by atoms with Gasteiger partial charge in [0.15, 0.2) is 0 Å². The van der Waals surface area contributed by atoms with Crippen molar-refractivity contribution in [3.05, 3.63) is 82.6 Å². The molecular weight excluding hydrogens is 318 g/mol. The average Bonchev–Trinajstić information content (AvgIpc) is 3.15. The van der Waals surface area contributed by atoms with E-state index in [1.54, 1.807) is 17.4 Å². The van der Waals surface area contributed by atoms with Crippen LogP contribution in [0.25, 0.3) is 0 Å². The minimum atomic E-state index is -0.245. The largest absolute Gasteiger partial charge is 0.355 e. The van der Waals surface area contributed by atoms with E-state index in [4.69, 9.17) is 0 Å². The Morgan fingerprint density at radius 2 is 1.71 bits per heavy atom. The van der Waals surface area contributed by atoms with Gasteiger partial charge in [-0.3, -0.25) is 4.79 Å². The maximum Gasteiger partial charge on any atom is 0.273 e. The van der Waals surface area contributed by atoms with Gasteiger partial charge in [0, 0.05) is 10.6 Å². The Hall–Kier alpha value is -2.92. The Balaban J connectivity index is 1.77. The maximum absolute atomic E-state index is 12.5. The fourth-order valence-corrected chi connectivity index (χ4v) is 2.88. The van der Waals surface area contributed by atoms with E-state index < -0.39 is 0 Å². The third-order valence-corrected chi connectivity index (χ3v) is 4.41. The van der Waals surface area contributed by atoms with Gasteiger partial charge in [-0.25, -0.2) is 5.43 Å². The summed E-state index contributed by atoms with van der Waals surface area (Å²) >= 11 is 1.59. The molecule has 3 aromatic rings. The van der Waals surface area contributed by atoms with Gasteiger partial charge in [-0.2, -0.15) is 5.10 Å². The molecule has 0 radical (unpaired) electrons. The Morgan fingerprint density at radius 3 is 2.46 bits per heavy atom. The van der Waals surface area contributed by atoms with Gasteiger partial charge in [-0.15, -0.1) is 11.3 Å². The van der Waals surface area contributed by atoms with Crippen LogP contribution in [0.5, 0.6) is 0 Å². The molecule has 0 saturated carbocycles. The molecule has 2 aromatic carbocycles. The molecule has 0 aliphatic heterocycles. The van der Waals surface area contributed by atoms with Crippen LogP contribution in [0.1, 0.15) is 22.2 Å². The van der Waals surface area contributed by atoms with Crippen LogP contribution in [0.3, 0.4) is 0 Å². The Morgan fingerprint density at radius 1 is 0.958 bits per heavy atom. The lowest BCUT2D eigenvalue weighted by Gasteiger charge is -2.11. The van der Waals surface area contributed by atoms with Crippen LogP contribution >= 0.6 is 11.3 Å². The first kappa shape index (κ1) is 16.0. The number of nitrogens with zero attached hydrogens (tertiary/aromatic N) is 1. The van der Waals surface area contributed by atoms with E-state index in [0.717, 1.165) is 22.0 Å². The Kier molecular flexibility index (Phi) is 5.03. The molecule has 24 heavy (non-hydrogen) atoms. The summed E-state index contributed by atoms with van der Waals surface area (Å²) in [6.45, 7) is 1.88. The van der Waals surface area contributed by atoms with Gasteiger partial charge in [0.1, 0.15) is 0 Å². The third-order valence-electron chi connectivity index (χ3n) is 3.43. The Bertz CT molecular complexity index is 842. The second-order valence-corrected chi connectivity index (χ2v) is 6.10. The van der Waals surface area contributed by atoms with Gasteiger partial charge >= 0.3 is 0 Å². The van der Waals surface area contributed by atoms with Crippen molar-refractivity contribution in [2.75, 3.05) is 5.32 Å². The molecule has 1 aromatic heterocycles. The SMILES string of the molecule is CC(=NNC(=O)c1ccccc1Nc1ccccc1)c1cccs1. The summed E-state index contributed by atoms with van der Waals surface area (Å²) in [4.78, 5) is 13.5. The molecule has 0 unspecified atom stereocenters. The topological polar surface area (TPSA) is 53.5 Å². The summed E-state index contributed by atoms with van der Waals surface area (Å²) in [6, 6.07) is 21.0. The summed E-state index contributed by atoms with van der Waals surface area (Å²) in [5.74, 6) is -0.245. The fourth-order valence-electron chi connectivity index (χ4n) is 2.20. The van der Waals surface area contributed by atoms with Crippen LogP contribution in [0.15, 0.2) is 77.2 Å². The lowest BCUT2D eigenvalue weighted by Crippen LogP contribution is -2.20. The average molecular weight is 335 g/mol. The van der Waals surface area contributed by atoms with Gasteiger partial charge in [0.05, 0.1) is 17.0 Å². The Labute approximate surface area is 144 Å². The number of carbonyl (C=O) groups is 1. The van der Waals surface area contributed by atoms with E-state index in [9.17, 15) is 4.79 Å². The van der Waals surface area contributed by atoms with Gasteiger partial charge in [-0.1, -0.05) is 36.4 Å². The number of hydrogen-bond donors (Lipinski definition) is 2. The molecule has 2 N–H and O–H groups in total. The quantitative estimate of drug-likeness (QED) is 0.527. The first-order chi connectivity index (χ1) is 11.7. The van der Waals surface area contributed by atoms with Crippen molar-refractivity contribution in [2.45, 2.75) is 6.92 Å². The first-order valence-electron chi connectivity index (χ1n) is 7.53. The van der Waals surface area contributed by atoms with Crippen LogP contribution in [0.4, 0.5) is 11.4 Å². The van der Waals surface area contributed by atoms with E-state index in [1.165, 1.54) is 0 Å². The number of benzene rings is 2. The maximum atomic E-state index is 12.5. The molecule has 5 heteroatoms. The van der Waals surface area contributed by atoms with Crippen molar-refractivity contribution in [1.29, 1.82) is 0 Å². The number of rotatable bonds is 5. The highest BCUT2D eigenvalue weighted by molar-refractivity contribution is 7.12. The predicted molar refractivity (Wildman–Crippen MR) is 100 cm³/mol. The van der Waals surface area contributed by atoms with Crippen molar-refractivity contribution in [1.82, 2.24) is 5.43 Å². The van der Waals surface area contributed by atoms with E-state index in [0.29, 0.717) is 5.56 Å². The van der Waals surface area contributed by atoms with E-state index >= 15 is 0 Å².